The van der Waals surface area contributed by atoms with Crippen molar-refractivity contribution in [2.45, 2.75) is 44.7 Å². The molecule has 16 heavy (non-hydrogen) atoms. The molecule has 94 valence electrons. The van der Waals surface area contributed by atoms with Gasteiger partial charge in [0.2, 0.25) is 0 Å². The molecule has 0 radical (unpaired) electrons. The van der Waals surface area contributed by atoms with Crippen LogP contribution in [-0.4, -0.2) is 61.7 Å². The van der Waals surface area contributed by atoms with Crippen molar-refractivity contribution < 1.29 is 0 Å². The van der Waals surface area contributed by atoms with Crippen LogP contribution in [0.25, 0.3) is 0 Å². The van der Waals surface area contributed by atoms with Gasteiger partial charge in [-0.15, -0.1) is 0 Å². The van der Waals surface area contributed by atoms with Crippen LogP contribution in [0.4, 0.5) is 0 Å². The molecule has 0 aromatic heterocycles. The molecular weight excluding hydrogens is 198 g/mol. The second-order valence-electron chi connectivity index (χ2n) is 5.43. The highest BCUT2D eigenvalue weighted by molar-refractivity contribution is 4.85. The first-order valence-corrected chi connectivity index (χ1v) is 6.95. The SMILES string of the molecule is CCNC1CCN(CC2CCCCN2C)C1. The number of nitrogens with zero attached hydrogens (tertiary/aromatic N) is 2. The van der Waals surface area contributed by atoms with Crippen molar-refractivity contribution in [3.8, 4) is 0 Å². The van der Waals surface area contributed by atoms with Gasteiger partial charge >= 0.3 is 0 Å². The molecule has 1 N–H and O–H groups in total. The van der Waals surface area contributed by atoms with E-state index in [-0.39, 0.29) is 0 Å². The van der Waals surface area contributed by atoms with E-state index in [2.05, 4.69) is 29.1 Å². The number of rotatable bonds is 4. The van der Waals surface area contributed by atoms with Gasteiger partial charge in [-0.05, 0) is 45.9 Å². The van der Waals surface area contributed by atoms with Gasteiger partial charge in [0, 0.05) is 25.2 Å². The molecule has 3 nitrogen and oxygen atoms in total. The van der Waals surface area contributed by atoms with Crippen LogP contribution >= 0.6 is 0 Å². The Hall–Kier alpha value is -0.120. The summed E-state index contributed by atoms with van der Waals surface area (Å²) in [7, 11) is 2.29. The summed E-state index contributed by atoms with van der Waals surface area (Å²) >= 11 is 0. The normalized spacial score (nSPS) is 33.4. The molecule has 3 heteroatoms. The monoisotopic (exact) mass is 225 g/mol. The average Bonchev–Trinajstić information content (AvgIpc) is 2.70. The Kier molecular flexibility index (Phi) is 4.62. The van der Waals surface area contributed by atoms with Gasteiger partial charge in [0.15, 0.2) is 0 Å². The fraction of sp³-hybridized carbons (Fsp3) is 1.00. The first-order valence-electron chi connectivity index (χ1n) is 6.95. The molecule has 0 aromatic rings. The molecule has 0 aromatic carbocycles. The van der Waals surface area contributed by atoms with Gasteiger partial charge in [0.05, 0.1) is 0 Å². The molecule has 2 aliphatic heterocycles. The van der Waals surface area contributed by atoms with E-state index in [0.717, 1.165) is 18.6 Å². The van der Waals surface area contributed by atoms with Gasteiger partial charge in [-0.3, -0.25) is 0 Å². The van der Waals surface area contributed by atoms with Crippen LogP contribution in [0.1, 0.15) is 32.6 Å². The van der Waals surface area contributed by atoms with E-state index in [1.807, 2.05) is 0 Å². The minimum atomic E-state index is 0.749. The van der Waals surface area contributed by atoms with Gasteiger partial charge in [0.25, 0.3) is 0 Å². The second-order valence-corrected chi connectivity index (χ2v) is 5.43. The summed E-state index contributed by atoms with van der Waals surface area (Å²) in [6.07, 6.45) is 5.57. The highest BCUT2D eigenvalue weighted by atomic mass is 15.2. The van der Waals surface area contributed by atoms with Crippen LogP contribution in [0.5, 0.6) is 0 Å². The fourth-order valence-corrected chi connectivity index (χ4v) is 3.13. The number of likely N-dealkylation sites (tertiary alicyclic amines) is 2. The summed E-state index contributed by atoms with van der Waals surface area (Å²) in [4.78, 5) is 5.21. The predicted octanol–water partition coefficient (Wildman–Crippen LogP) is 1.15. The quantitative estimate of drug-likeness (QED) is 0.774. The molecule has 2 unspecified atom stereocenters. The first-order chi connectivity index (χ1) is 7.79. The maximum Gasteiger partial charge on any atom is 0.0220 e. The Morgan fingerprint density at radius 1 is 1.19 bits per heavy atom. The molecule has 2 saturated heterocycles. The third-order valence-corrected chi connectivity index (χ3v) is 4.16. The van der Waals surface area contributed by atoms with Gasteiger partial charge in [-0.1, -0.05) is 13.3 Å². The van der Waals surface area contributed by atoms with Crippen LogP contribution in [-0.2, 0) is 0 Å². The third-order valence-electron chi connectivity index (χ3n) is 4.16. The molecule has 0 bridgehead atoms. The lowest BCUT2D eigenvalue weighted by molar-refractivity contribution is 0.139. The topological polar surface area (TPSA) is 18.5 Å². The van der Waals surface area contributed by atoms with E-state index < -0.39 is 0 Å². The van der Waals surface area contributed by atoms with E-state index in [1.165, 1.54) is 51.9 Å². The smallest absolute Gasteiger partial charge is 0.0220 e. The fourth-order valence-electron chi connectivity index (χ4n) is 3.13. The summed E-state index contributed by atoms with van der Waals surface area (Å²) in [6.45, 7) is 8.47. The Labute approximate surface area is 100 Å². The molecule has 2 fully saturated rings. The zero-order valence-corrected chi connectivity index (χ0v) is 10.9. The van der Waals surface area contributed by atoms with Crippen LogP contribution in [0, 0.1) is 0 Å². The van der Waals surface area contributed by atoms with Gasteiger partial charge in [0.1, 0.15) is 0 Å². The minimum Gasteiger partial charge on any atom is -0.313 e. The van der Waals surface area contributed by atoms with Crippen molar-refractivity contribution in [2.75, 3.05) is 39.8 Å². The lowest BCUT2D eigenvalue weighted by Gasteiger charge is -2.35. The Balaban J connectivity index is 1.73. The molecule has 0 aliphatic carbocycles. The first kappa shape index (κ1) is 12.3. The number of hydrogen-bond donors (Lipinski definition) is 1. The highest BCUT2D eigenvalue weighted by Gasteiger charge is 2.26. The maximum absolute atomic E-state index is 3.57. The van der Waals surface area contributed by atoms with Crippen molar-refractivity contribution in [1.82, 2.24) is 15.1 Å². The van der Waals surface area contributed by atoms with Gasteiger partial charge in [-0.25, -0.2) is 0 Å². The molecular formula is C13H27N3. The van der Waals surface area contributed by atoms with E-state index in [9.17, 15) is 0 Å². The van der Waals surface area contributed by atoms with Crippen LogP contribution < -0.4 is 5.32 Å². The summed E-state index contributed by atoms with van der Waals surface area (Å²) < 4.78 is 0. The summed E-state index contributed by atoms with van der Waals surface area (Å²) in [5, 5.41) is 3.57. The van der Waals surface area contributed by atoms with E-state index in [1.54, 1.807) is 0 Å². The van der Waals surface area contributed by atoms with Crippen molar-refractivity contribution in [3.05, 3.63) is 0 Å². The Morgan fingerprint density at radius 3 is 2.81 bits per heavy atom. The zero-order valence-electron chi connectivity index (χ0n) is 10.9. The largest absolute Gasteiger partial charge is 0.313 e. The summed E-state index contributed by atoms with van der Waals surface area (Å²) in [6, 6.07) is 1.56. The van der Waals surface area contributed by atoms with Gasteiger partial charge < -0.3 is 15.1 Å². The van der Waals surface area contributed by atoms with E-state index in [4.69, 9.17) is 0 Å². The Morgan fingerprint density at radius 2 is 2.06 bits per heavy atom. The molecule has 0 saturated carbocycles. The van der Waals surface area contributed by atoms with E-state index in [0.29, 0.717) is 0 Å². The number of likely N-dealkylation sites (N-methyl/N-ethyl adjacent to an activating group) is 2. The van der Waals surface area contributed by atoms with Crippen molar-refractivity contribution >= 4 is 0 Å². The lowest BCUT2D eigenvalue weighted by Crippen LogP contribution is -2.44. The second kappa shape index (κ2) is 5.99. The minimum absolute atomic E-state index is 0.749. The zero-order chi connectivity index (χ0) is 11.4. The van der Waals surface area contributed by atoms with E-state index >= 15 is 0 Å². The standard InChI is InChI=1S/C13H27N3/c1-3-14-12-7-9-16(10-12)11-13-6-4-5-8-15(13)2/h12-14H,3-11H2,1-2H3. The predicted molar refractivity (Wildman–Crippen MR) is 68.8 cm³/mol. The van der Waals surface area contributed by atoms with Crippen molar-refractivity contribution in [3.63, 3.8) is 0 Å². The third kappa shape index (κ3) is 3.19. The highest BCUT2D eigenvalue weighted by Crippen LogP contribution is 2.18. The molecule has 0 amide bonds. The summed E-state index contributed by atoms with van der Waals surface area (Å²) in [5.41, 5.74) is 0. The Bertz CT molecular complexity index is 207. The number of hydrogen-bond acceptors (Lipinski definition) is 3. The average molecular weight is 225 g/mol. The molecule has 2 heterocycles. The number of piperidine rings is 1. The number of nitrogens with one attached hydrogen (secondary N) is 1. The maximum atomic E-state index is 3.57. The molecule has 0 spiro atoms. The molecule has 2 atom stereocenters. The summed E-state index contributed by atoms with van der Waals surface area (Å²) in [5.74, 6) is 0. The van der Waals surface area contributed by atoms with Crippen molar-refractivity contribution in [2.24, 2.45) is 0 Å². The molecule has 2 aliphatic rings. The van der Waals surface area contributed by atoms with Crippen molar-refractivity contribution in [1.29, 1.82) is 0 Å². The van der Waals surface area contributed by atoms with Crippen LogP contribution in [0.3, 0.4) is 0 Å². The lowest BCUT2D eigenvalue weighted by atomic mass is 10.0. The van der Waals surface area contributed by atoms with Crippen LogP contribution in [0.2, 0.25) is 0 Å². The molecule has 2 rings (SSSR count). The van der Waals surface area contributed by atoms with Crippen LogP contribution in [0.15, 0.2) is 0 Å². The van der Waals surface area contributed by atoms with Gasteiger partial charge in [-0.2, -0.15) is 0 Å².